The van der Waals surface area contributed by atoms with Crippen molar-refractivity contribution in [3.8, 4) is 17.2 Å². The molecule has 17 heavy (non-hydrogen) atoms. The molecule has 0 radical (unpaired) electrons. The maximum Gasteiger partial charge on any atom is 0.258 e. The summed E-state index contributed by atoms with van der Waals surface area (Å²) in [6, 6.07) is 5.13. The van der Waals surface area contributed by atoms with Crippen LogP contribution in [0.5, 0.6) is 5.75 Å². The third kappa shape index (κ3) is 1.79. The van der Waals surface area contributed by atoms with Crippen LogP contribution in [0, 0.1) is 12.8 Å². The summed E-state index contributed by atoms with van der Waals surface area (Å²) in [6.07, 6.45) is 1.15. The van der Waals surface area contributed by atoms with E-state index < -0.39 is 0 Å². The van der Waals surface area contributed by atoms with Gasteiger partial charge in [0.05, 0.1) is 0 Å². The maximum absolute atomic E-state index is 9.36. The molecule has 4 heteroatoms. The second-order valence-corrected chi connectivity index (χ2v) is 4.78. The molecule has 0 amide bonds. The van der Waals surface area contributed by atoms with Crippen molar-refractivity contribution in [1.29, 1.82) is 0 Å². The molecule has 0 saturated heterocycles. The summed E-state index contributed by atoms with van der Waals surface area (Å²) >= 11 is 0. The zero-order chi connectivity index (χ0) is 12.0. The van der Waals surface area contributed by atoms with Gasteiger partial charge in [0.1, 0.15) is 5.75 Å². The Morgan fingerprint density at radius 1 is 1.41 bits per heavy atom. The summed E-state index contributed by atoms with van der Waals surface area (Å²) in [6.45, 7) is 4.10. The molecular weight excluding hydrogens is 216 g/mol. The highest BCUT2D eigenvalue weighted by Crippen LogP contribution is 2.45. The zero-order valence-electron chi connectivity index (χ0n) is 9.84. The predicted octanol–water partition coefficient (Wildman–Crippen LogP) is 2.87. The molecule has 0 spiro atoms. The SMILES string of the molecule is Cc1cc(O)ccc1-c1nc(C2CC2C)no1. The fraction of sp³-hybridized carbons (Fsp3) is 0.385. The van der Waals surface area contributed by atoms with E-state index in [1.807, 2.05) is 6.92 Å². The Morgan fingerprint density at radius 2 is 2.18 bits per heavy atom. The quantitative estimate of drug-likeness (QED) is 0.861. The smallest absolute Gasteiger partial charge is 0.258 e. The van der Waals surface area contributed by atoms with Gasteiger partial charge in [-0.25, -0.2) is 0 Å². The van der Waals surface area contributed by atoms with E-state index in [1.54, 1.807) is 18.2 Å². The van der Waals surface area contributed by atoms with Crippen LogP contribution in [0.15, 0.2) is 22.7 Å². The average Bonchev–Trinajstić information content (AvgIpc) is 2.83. The van der Waals surface area contributed by atoms with Crippen molar-refractivity contribution in [3.05, 3.63) is 29.6 Å². The second-order valence-electron chi connectivity index (χ2n) is 4.78. The minimum atomic E-state index is 0.252. The number of nitrogens with zero attached hydrogens (tertiary/aromatic N) is 2. The van der Waals surface area contributed by atoms with Crippen molar-refractivity contribution in [2.45, 2.75) is 26.2 Å². The van der Waals surface area contributed by atoms with Gasteiger partial charge in [0.25, 0.3) is 5.89 Å². The third-order valence-electron chi connectivity index (χ3n) is 3.32. The first kappa shape index (κ1) is 10.3. The summed E-state index contributed by atoms with van der Waals surface area (Å²) < 4.78 is 5.28. The lowest BCUT2D eigenvalue weighted by atomic mass is 10.1. The molecule has 3 rings (SSSR count). The molecular formula is C13H14N2O2. The minimum Gasteiger partial charge on any atom is -0.508 e. The summed E-state index contributed by atoms with van der Waals surface area (Å²) in [5.74, 6) is 2.73. The molecule has 0 aliphatic heterocycles. The largest absolute Gasteiger partial charge is 0.508 e. The first-order chi connectivity index (χ1) is 8.15. The molecule has 1 aliphatic carbocycles. The van der Waals surface area contributed by atoms with Gasteiger partial charge in [0.2, 0.25) is 0 Å². The first-order valence-electron chi connectivity index (χ1n) is 5.79. The van der Waals surface area contributed by atoms with E-state index in [0.717, 1.165) is 23.4 Å². The molecule has 88 valence electrons. The van der Waals surface area contributed by atoms with Gasteiger partial charge in [0, 0.05) is 11.5 Å². The van der Waals surface area contributed by atoms with Crippen molar-refractivity contribution in [3.63, 3.8) is 0 Å². The number of hydrogen-bond acceptors (Lipinski definition) is 4. The van der Waals surface area contributed by atoms with Crippen molar-refractivity contribution in [2.24, 2.45) is 5.92 Å². The van der Waals surface area contributed by atoms with E-state index in [1.165, 1.54) is 0 Å². The molecule has 1 aliphatic rings. The van der Waals surface area contributed by atoms with Crippen LogP contribution < -0.4 is 0 Å². The van der Waals surface area contributed by atoms with Crippen LogP contribution in [0.4, 0.5) is 0 Å². The van der Waals surface area contributed by atoms with Crippen LogP contribution in [0.2, 0.25) is 0 Å². The van der Waals surface area contributed by atoms with Crippen molar-refractivity contribution < 1.29 is 9.63 Å². The van der Waals surface area contributed by atoms with Crippen LogP contribution in [-0.2, 0) is 0 Å². The molecule has 1 fully saturated rings. The number of aryl methyl sites for hydroxylation is 1. The Kier molecular flexibility index (Phi) is 2.18. The lowest BCUT2D eigenvalue weighted by Crippen LogP contribution is -1.86. The average molecular weight is 230 g/mol. The van der Waals surface area contributed by atoms with Crippen LogP contribution in [0.25, 0.3) is 11.5 Å². The Bertz CT molecular complexity index is 562. The number of rotatable bonds is 2. The molecule has 4 nitrogen and oxygen atoms in total. The topological polar surface area (TPSA) is 59.2 Å². The monoisotopic (exact) mass is 230 g/mol. The Labute approximate surface area is 99.3 Å². The lowest BCUT2D eigenvalue weighted by molar-refractivity contribution is 0.421. The molecule has 2 atom stereocenters. The maximum atomic E-state index is 9.36. The summed E-state index contributed by atoms with van der Waals surface area (Å²) in [4.78, 5) is 4.42. The normalized spacial score (nSPS) is 22.7. The van der Waals surface area contributed by atoms with E-state index in [9.17, 15) is 5.11 Å². The van der Waals surface area contributed by atoms with Gasteiger partial charge in [0.15, 0.2) is 5.82 Å². The van der Waals surface area contributed by atoms with Gasteiger partial charge >= 0.3 is 0 Å². The fourth-order valence-electron chi connectivity index (χ4n) is 2.06. The van der Waals surface area contributed by atoms with Gasteiger partial charge in [-0.15, -0.1) is 0 Å². The highest BCUT2D eigenvalue weighted by atomic mass is 16.5. The summed E-state index contributed by atoms with van der Waals surface area (Å²) in [5, 5.41) is 13.4. The van der Waals surface area contributed by atoms with E-state index in [2.05, 4.69) is 17.1 Å². The number of aromatic hydroxyl groups is 1. The number of hydrogen-bond donors (Lipinski definition) is 1. The minimum absolute atomic E-state index is 0.252. The van der Waals surface area contributed by atoms with Gasteiger partial charge in [-0.05, 0) is 43.0 Å². The van der Waals surface area contributed by atoms with Crippen LogP contribution >= 0.6 is 0 Å². The Hall–Kier alpha value is -1.84. The van der Waals surface area contributed by atoms with E-state index in [0.29, 0.717) is 17.7 Å². The molecule has 1 aromatic heterocycles. The molecule has 1 heterocycles. The van der Waals surface area contributed by atoms with Gasteiger partial charge in [-0.1, -0.05) is 12.1 Å². The third-order valence-corrected chi connectivity index (χ3v) is 3.32. The highest BCUT2D eigenvalue weighted by Gasteiger charge is 2.38. The van der Waals surface area contributed by atoms with Gasteiger partial charge in [-0.3, -0.25) is 0 Å². The number of aromatic nitrogens is 2. The summed E-state index contributed by atoms with van der Waals surface area (Å²) in [5.41, 5.74) is 1.82. The molecule has 1 N–H and O–H groups in total. The van der Waals surface area contributed by atoms with E-state index >= 15 is 0 Å². The molecule has 1 saturated carbocycles. The molecule has 2 aromatic rings. The predicted molar refractivity (Wildman–Crippen MR) is 62.7 cm³/mol. The van der Waals surface area contributed by atoms with Crippen LogP contribution in [0.3, 0.4) is 0 Å². The number of benzene rings is 1. The molecule has 2 unspecified atom stereocenters. The van der Waals surface area contributed by atoms with Gasteiger partial charge in [-0.2, -0.15) is 4.98 Å². The van der Waals surface area contributed by atoms with E-state index in [4.69, 9.17) is 4.52 Å². The lowest BCUT2D eigenvalue weighted by Gasteiger charge is -2.00. The van der Waals surface area contributed by atoms with Gasteiger partial charge < -0.3 is 9.63 Å². The van der Waals surface area contributed by atoms with Crippen LogP contribution in [-0.4, -0.2) is 15.2 Å². The number of phenols is 1. The van der Waals surface area contributed by atoms with Crippen LogP contribution in [0.1, 0.15) is 30.7 Å². The Morgan fingerprint density at radius 3 is 2.82 bits per heavy atom. The summed E-state index contributed by atoms with van der Waals surface area (Å²) in [7, 11) is 0. The van der Waals surface area contributed by atoms with Crippen molar-refractivity contribution in [2.75, 3.05) is 0 Å². The standard InChI is InChI=1S/C13H14N2O2/c1-7-5-9(16)3-4-10(7)13-14-12(15-17-13)11-6-8(11)2/h3-5,8,11,16H,6H2,1-2H3. The Balaban J connectivity index is 1.95. The van der Waals surface area contributed by atoms with E-state index in [-0.39, 0.29) is 5.75 Å². The first-order valence-corrected chi connectivity index (χ1v) is 5.79. The molecule has 1 aromatic carbocycles. The number of phenolic OH excluding ortho intramolecular Hbond substituents is 1. The second kappa shape index (κ2) is 3.58. The fourth-order valence-corrected chi connectivity index (χ4v) is 2.06. The van der Waals surface area contributed by atoms with Crippen molar-refractivity contribution in [1.82, 2.24) is 10.1 Å². The highest BCUT2D eigenvalue weighted by molar-refractivity contribution is 5.59. The molecule has 0 bridgehead atoms. The zero-order valence-corrected chi connectivity index (χ0v) is 9.84. The van der Waals surface area contributed by atoms with Crippen molar-refractivity contribution >= 4 is 0 Å².